The highest BCUT2D eigenvalue weighted by molar-refractivity contribution is 7.12. The summed E-state index contributed by atoms with van der Waals surface area (Å²) < 4.78 is 13.3. The summed E-state index contributed by atoms with van der Waals surface area (Å²) in [6.45, 7) is 5.35. The number of hydrogen-bond donors (Lipinski definition) is 0. The molecule has 0 N–H and O–H groups in total. The van der Waals surface area contributed by atoms with Crippen molar-refractivity contribution in [2.24, 2.45) is 0 Å². The first-order chi connectivity index (χ1) is 15.2. The predicted octanol–water partition coefficient (Wildman–Crippen LogP) is 3.97. The first-order valence-electron chi connectivity index (χ1n) is 11.0. The molecule has 0 radical (unpaired) electrons. The monoisotopic (exact) mass is 438 g/mol. The number of aromatic nitrogens is 2. The summed E-state index contributed by atoms with van der Waals surface area (Å²) in [5.41, 5.74) is 4.08. The largest absolute Gasteiger partial charge is 0.493 e. The van der Waals surface area contributed by atoms with Crippen LogP contribution in [0.5, 0.6) is 11.5 Å². The van der Waals surface area contributed by atoms with E-state index in [9.17, 15) is 0 Å². The van der Waals surface area contributed by atoms with Gasteiger partial charge in [-0.3, -0.25) is 14.4 Å². The van der Waals surface area contributed by atoms with Crippen molar-refractivity contribution >= 4 is 11.3 Å². The lowest BCUT2D eigenvalue weighted by Crippen LogP contribution is -2.49. The summed E-state index contributed by atoms with van der Waals surface area (Å²) in [6.07, 6.45) is 7.59. The number of hydrogen-bond acceptors (Lipinski definition) is 6. The van der Waals surface area contributed by atoms with Crippen LogP contribution in [0.2, 0.25) is 0 Å². The molecular weight excluding hydrogens is 408 g/mol. The van der Waals surface area contributed by atoms with Gasteiger partial charge in [-0.15, -0.1) is 11.3 Å². The van der Waals surface area contributed by atoms with E-state index in [2.05, 4.69) is 49.8 Å². The summed E-state index contributed by atoms with van der Waals surface area (Å²) in [5, 5.41) is 3.08. The number of methoxy groups -OCH3 is 2. The smallest absolute Gasteiger partial charge is 0.193 e. The highest BCUT2D eigenvalue weighted by atomic mass is 32.1. The minimum absolute atomic E-state index is 0.596. The van der Waals surface area contributed by atoms with E-state index < -0.39 is 0 Å². The van der Waals surface area contributed by atoms with Crippen molar-refractivity contribution in [1.29, 1.82) is 0 Å². The fourth-order valence-electron chi connectivity index (χ4n) is 4.99. The second-order valence-electron chi connectivity index (χ2n) is 8.41. The van der Waals surface area contributed by atoms with Crippen LogP contribution in [0.1, 0.15) is 29.7 Å². The lowest BCUT2D eigenvalue weighted by molar-refractivity contribution is 0.0828. The first-order valence-corrected chi connectivity index (χ1v) is 11.9. The van der Waals surface area contributed by atoms with E-state index in [0.29, 0.717) is 6.04 Å². The maximum atomic E-state index is 5.54. The van der Waals surface area contributed by atoms with E-state index in [-0.39, 0.29) is 0 Å². The van der Waals surface area contributed by atoms with Crippen LogP contribution in [0.25, 0.3) is 5.13 Å². The third kappa shape index (κ3) is 4.22. The summed E-state index contributed by atoms with van der Waals surface area (Å²) in [4.78, 5) is 9.76. The summed E-state index contributed by atoms with van der Waals surface area (Å²) >= 11 is 1.69. The Kier molecular flexibility index (Phi) is 5.98. The molecule has 0 aliphatic carbocycles. The van der Waals surface area contributed by atoms with Gasteiger partial charge in [-0.2, -0.15) is 0 Å². The molecule has 1 fully saturated rings. The quantitative estimate of drug-likeness (QED) is 0.583. The second-order valence-corrected chi connectivity index (χ2v) is 9.28. The number of nitrogens with zero attached hydrogens (tertiary/aromatic N) is 4. The number of ether oxygens (including phenoxy) is 2. The fourth-order valence-corrected chi connectivity index (χ4v) is 5.64. The van der Waals surface area contributed by atoms with E-state index in [1.165, 1.54) is 29.7 Å². The van der Waals surface area contributed by atoms with E-state index in [4.69, 9.17) is 9.47 Å². The van der Waals surface area contributed by atoms with Crippen LogP contribution in [-0.2, 0) is 19.5 Å². The summed E-state index contributed by atoms with van der Waals surface area (Å²) in [6, 6.07) is 9.27. The summed E-state index contributed by atoms with van der Waals surface area (Å²) in [7, 11) is 3.42. The van der Waals surface area contributed by atoms with Crippen LogP contribution in [0.4, 0.5) is 0 Å². The molecule has 164 valence electrons. The van der Waals surface area contributed by atoms with Gasteiger partial charge >= 0.3 is 0 Å². The van der Waals surface area contributed by atoms with Crippen LogP contribution in [-0.4, -0.2) is 59.2 Å². The predicted molar refractivity (Wildman–Crippen MR) is 123 cm³/mol. The SMILES string of the molecule is COc1cc2c(cc1OC)CN(C1CCCN(Cc3cccn3-c3nccs3)C1)CC2. The molecule has 6 nitrogen and oxygen atoms in total. The highest BCUT2D eigenvalue weighted by Crippen LogP contribution is 2.34. The Bertz CT molecular complexity index is 1020. The molecule has 1 unspecified atom stereocenters. The van der Waals surface area contributed by atoms with Gasteiger partial charge in [0.1, 0.15) is 0 Å². The fraction of sp³-hybridized carbons (Fsp3) is 0.458. The molecule has 0 saturated carbocycles. The molecule has 7 heteroatoms. The van der Waals surface area contributed by atoms with Crippen molar-refractivity contribution in [3.63, 3.8) is 0 Å². The number of piperidine rings is 1. The van der Waals surface area contributed by atoms with Gasteiger partial charge in [-0.25, -0.2) is 4.98 Å². The van der Waals surface area contributed by atoms with Gasteiger partial charge in [0.25, 0.3) is 0 Å². The van der Waals surface area contributed by atoms with Crippen LogP contribution in [0.15, 0.2) is 42.0 Å². The van der Waals surface area contributed by atoms with Gasteiger partial charge in [0, 0.05) is 55.7 Å². The topological polar surface area (TPSA) is 42.8 Å². The molecule has 1 atom stereocenters. The third-order valence-corrected chi connectivity index (χ3v) is 7.36. The second kappa shape index (κ2) is 9.02. The van der Waals surface area contributed by atoms with E-state index in [1.807, 2.05) is 11.6 Å². The Morgan fingerprint density at radius 1 is 1.13 bits per heavy atom. The van der Waals surface area contributed by atoms with Gasteiger partial charge in [0.05, 0.1) is 14.2 Å². The molecule has 2 aromatic heterocycles. The minimum Gasteiger partial charge on any atom is -0.493 e. The van der Waals surface area contributed by atoms with Crippen molar-refractivity contribution in [2.45, 2.75) is 38.4 Å². The number of likely N-dealkylation sites (tertiary alicyclic amines) is 1. The minimum atomic E-state index is 0.596. The number of fused-ring (bicyclic) bond motifs is 1. The molecule has 0 spiro atoms. The Hall–Kier alpha value is -2.35. The number of benzene rings is 1. The maximum Gasteiger partial charge on any atom is 0.193 e. The van der Waals surface area contributed by atoms with Crippen LogP contribution < -0.4 is 9.47 Å². The van der Waals surface area contributed by atoms with E-state index >= 15 is 0 Å². The number of rotatable bonds is 6. The molecule has 0 amide bonds. The lowest BCUT2D eigenvalue weighted by Gasteiger charge is -2.41. The summed E-state index contributed by atoms with van der Waals surface area (Å²) in [5.74, 6) is 1.66. The Morgan fingerprint density at radius 2 is 1.97 bits per heavy atom. The molecule has 2 aliphatic heterocycles. The van der Waals surface area contributed by atoms with Crippen molar-refractivity contribution < 1.29 is 9.47 Å². The molecule has 31 heavy (non-hydrogen) atoms. The zero-order valence-electron chi connectivity index (χ0n) is 18.3. The van der Waals surface area contributed by atoms with E-state index in [0.717, 1.165) is 55.8 Å². The molecule has 1 saturated heterocycles. The Morgan fingerprint density at radius 3 is 2.74 bits per heavy atom. The van der Waals surface area contributed by atoms with Gasteiger partial charge in [0.2, 0.25) is 0 Å². The van der Waals surface area contributed by atoms with Crippen molar-refractivity contribution in [2.75, 3.05) is 33.9 Å². The Labute approximate surface area is 188 Å². The average molecular weight is 439 g/mol. The zero-order valence-corrected chi connectivity index (χ0v) is 19.1. The highest BCUT2D eigenvalue weighted by Gasteiger charge is 2.29. The first kappa shape index (κ1) is 20.5. The molecule has 2 aliphatic rings. The van der Waals surface area contributed by atoms with Gasteiger partial charge in [0.15, 0.2) is 16.6 Å². The van der Waals surface area contributed by atoms with Crippen LogP contribution in [0, 0.1) is 0 Å². The molecule has 0 bridgehead atoms. The van der Waals surface area contributed by atoms with E-state index in [1.54, 1.807) is 25.6 Å². The molecule has 4 heterocycles. The lowest BCUT2D eigenvalue weighted by atomic mass is 9.95. The van der Waals surface area contributed by atoms with Crippen molar-refractivity contribution in [1.82, 2.24) is 19.4 Å². The maximum absolute atomic E-state index is 5.54. The third-order valence-electron chi connectivity index (χ3n) is 6.59. The van der Waals surface area contributed by atoms with Crippen molar-refractivity contribution in [3.8, 4) is 16.6 Å². The zero-order chi connectivity index (χ0) is 21.2. The normalized spacial score (nSPS) is 19.9. The average Bonchev–Trinajstić information content (AvgIpc) is 3.50. The van der Waals surface area contributed by atoms with Gasteiger partial charge in [-0.05, 0) is 61.2 Å². The van der Waals surface area contributed by atoms with Gasteiger partial charge < -0.3 is 9.47 Å². The molecule has 1 aromatic carbocycles. The Balaban J connectivity index is 1.27. The molecule has 3 aromatic rings. The van der Waals surface area contributed by atoms with Gasteiger partial charge in [-0.1, -0.05) is 0 Å². The van der Waals surface area contributed by atoms with Crippen molar-refractivity contribution in [3.05, 3.63) is 58.9 Å². The van der Waals surface area contributed by atoms with Crippen LogP contribution in [0.3, 0.4) is 0 Å². The number of thiazole rings is 1. The molecular formula is C24H30N4O2S. The van der Waals surface area contributed by atoms with Crippen LogP contribution >= 0.6 is 11.3 Å². The standard InChI is InChI=1S/C24H30N4O2S/c1-29-22-13-18-7-11-27(15-19(18)14-23(22)30-2)20-5-3-9-26(16-20)17-21-6-4-10-28(21)24-25-8-12-31-24/h4,6,8,10,12-14,20H,3,5,7,9,11,15-17H2,1-2H3. The molecule has 5 rings (SSSR count).